The first-order chi connectivity index (χ1) is 6.79. The Morgan fingerprint density at radius 1 is 1.21 bits per heavy atom. The molecule has 0 radical (unpaired) electrons. The number of aromatic nitrogens is 2. The van der Waals surface area contributed by atoms with E-state index in [1.807, 2.05) is 0 Å². The average Bonchev–Trinajstić information content (AvgIpc) is 2.67. The molecule has 0 atom stereocenters. The molecular formula is C12H21N2+. The monoisotopic (exact) mass is 193 g/mol. The summed E-state index contributed by atoms with van der Waals surface area (Å²) in [5.41, 5.74) is 0. The van der Waals surface area contributed by atoms with Gasteiger partial charge in [0.2, 0.25) is 0 Å². The van der Waals surface area contributed by atoms with Crippen molar-refractivity contribution in [2.45, 2.75) is 58.0 Å². The second-order valence-electron chi connectivity index (χ2n) is 4.64. The van der Waals surface area contributed by atoms with Crippen molar-refractivity contribution >= 4 is 0 Å². The van der Waals surface area contributed by atoms with Crippen LogP contribution in [0.1, 0.15) is 58.0 Å². The molecule has 0 spiro atoms. The quantitative estimate of drug-likeness (QED) is 0.639. The first kappa shape index (κ1) is 9.75. The van der Waals surface area contributed by atoms with Crippen molar-refractivity contribution in [2.24, 2.45) is 0 Å². The van der Waals surface area contributed by atoms with Crippen molar-refractivity contribution in [3.8, 4) is 0 Å². The lowest BCUT2D eigenvalue weighted by atomic mass is 9.96. The molecule has 1 aromatic rings. The summed E-state index contributed by atoms with van der Waals surface area (Å²) in [5.74, 6) is 0. The van der Waals surface area contributed by atoms with E-state index in [0.29, 0.717) is 6.04 Å². The summed E-state index contributed by atoms with van der Waals surface area (Å²) in [6, 6.07) is 3.49. The van der Waals surface area contributed by atoms with E-state index in [1.165, 1.54) is 32.1 Å². The van der Waals surface area contributed by atoms with Gasteiger partial charge in [0.1, 0.15) is 0 Å². The van der Waals surface area contributed by atoms with E-state index in [1.54, 1.807) is 0 Å². The molecule has 1 aromatic heterocycles. The zero-order valence-corrected chi connectivity index (χ0v) is 9.32. The summed E-state index contributed by atoms with van der Waals surface area (Å²) >= 11 is 0. The van der Waals surface area contributed by atoms with E-state index in [-0.39, 0.29) is 0 Å². The number of hydrogen-bond acceptors (Lipinski definition) is 0. The Morgan fingerprint density at radius 2 is 1.93 bits per heavy atom. The van der Waals surface area contributed by atoms with Gasteiger partial charge in [-0.2, -0.15) is 4.68 Å². The number of nitrogens with zero attached hydrogens (tertiary/aromatic N) is 2. The minimum atomic E-state index is 0.576. The molecule has 0 saturated heterocycles. The van der Waals surface area contributed by atoms with Gasteiger partial charge in [0.25, 0.3) is 0 Å². The highest BCUT2D eigenvalue weighted by Gasteiger charge is 2.25. The second-order valence-corrected chi connectivity index (χ2v) is 4.64. The molecule has 0 bridgehead atoms. The van der Waals surface area contributed by atoms with Crippen molar-refractivity contribution in [2.75, 3.05) is 0 Å². The van der Waals surface area contributed by atoms with Crippen LogP contribution in [0.15, 0.2) is 18.5 Å². The first-order valence-electron chi connectivity index (χ1n) is 5.87. The standard InChI is InChI=1S/C12H21N2/c1-11(2)13-9-6-10-14(13)12-7-4-3-5-8-12/h6,9-12H,3-5,7-8H2,1-2H3/q+1. The van der Waals surface area contributed by atoms with E-state index < -0.39 is 0 Å². The van der Waals surface area contributed by atoms with Crippen molar-refractivity contribution in [3.63, 3.8) is 0 Å². The maximum atomic E-state index is 2.43. The molecule has 0 aromatic carbocycles. The molecule has 2 nitrogen and oxygen atoms in total. The van der Waals surface area contributed by atoms with Crippen molar-refractivity contribution in [3.05, 3.63) is 18.5 Å². The van der Waals surface area contributed by atoms with Gasteiger partial charge in [-0.25, -0.2) is 0 Å². The Hall–Kier alpha value is -0.790. The van der Waals surface area contributed by atoms with Gasteiger partial charge in [-0.05, 0) is 26.7 Å². The summed E-state index contributed by atoms with van der Waals surface area (Å²) < 4.78 is 4.79. The van der Waals surface area contributed by atoms with Crippen LogP contribution in [0.4, 0.5) is 0 Å². The Labute approximate surface area is 86.5 Å². The van der Waals surface area contributed by atoms with Gasteiger partial charge in [0.15, 0.2) is 12.2 Å². The molecular weight excluding hydrogens is 172 g/mol. The van der Waals surface area contributed by atoms with Gasteiger partial charge in [-0.3, -0.25) is 0 Å². The fourth-order valence-corrected chi connectivity index (χ4v) is 2.46. The Morgan fingerprint density at radius 3 is 2.57 bits per heavy atom. The third-order valence-electron chi connectivity index (χ3n) is 3.22. The highest BCUT2D eigenvalue weighted by Crippen LogP contribution is 2.23. The molecule has 1 saturated carbocycles. The third-order valence-corrected chi connectivity index (χ3v) is 3.22. The van der Waals surface area contributed by atoms with Crippen molar-refractivity contribution in [1.82, 2.24) is 4.68 Å². The molecule has 0 aliphatic heterocycles. The molecule has 0 unspecified atom stereocenters. The van der Waals surface area contributed by atoms with Crippen LogP contribution in [0, 0.1) is 0 Å². The number of rotatable bonds is 2. The average molecular weight is 193 g/mol. The van der Waals surface area contributed by atoms with Gasteiger partial charge in [-0.1, -0.05) is 6.42 Å². The molecule has 2 heteroatoms. The van der Waals surface area contributed by atoms with Crippen LogP contribution in [0.3, 0.4) is 0 Å². The third kappa shape index (κ3) is 1.84. The highest BCUT2D eigenvalue weighted by atomic mass is 15.4. The summed E-state index contributed by atoms with van der Waals surface area (Å²) in [5, 5.41) is 0. The lowest BCUT2D eigenvalue weighted by Crippen LogP contribution is -2.48. The largest absolute Gasteiger partial charge is 0.195 e. The van der Waals surface area contributed by atoms with Crippen LogP contribution in [-0.2, 0) is 0 Å². The van der Waals surface area contributed by atoms with Crippen LogP contribution >= 0.6 is 0 Å². The second kappa shape index (κ2) is 4.16. The summed E-state index contributed by atoms with van der Waals surface area (Å²) in [6.45, 7) is 4.50. The van der Waals surface area contributed by atoms with E-state index in [9.17, 15) is 0 Å². The van der Waals surface area contributed by atoms with E-state index in [2.05, 4.69) is 41.7 Å². The van der Waals surface area contributed by atoms with Crippen LogP contribution in [0.25, 0.3) is 0 Å². The van der Waals surface area contributed by atoms with Crippen LogP contribution in [0.5, 0.6) is 0 Å². The predicted octanol–water partition coefficient (Wildman–Crippen LogP) is 2.86. The molecule has 0 amide bonds. The minimum Gasteiger partial charge on any atom is -0.158 e. The maximum Gasteiger partial charge on any atom is 0.195 e. The zero-order valence-electron chi connectivity index (χ0n) is 9.32. The molecule has 1 aliphatic rings. The van der Waals surface area contributed by atoms with Crippen molar-refractivity contribution in [1.29, 1.82) is 0 Å². The SMILES string of the molecule is CC(C)n1ccc[n+]1C1CCCCC1. The van der Waals surface area contributed by atoms with Crippen molar-refractivity contribution < 1.29 is 4.68 Å². The fraction of sp³-hybridized carbons (Fsp3) is 0.750. The lowest BCUT2D eigenvalue weighted by Gasteiger charge is -2.18. The smallest absolute Gasteiger partial charge is 0.158 e. The summed E-state index contributed by atoms with van der Waals surface area (Å²) in [7, 11) is 0. The first-order valence-corrected chi connectivity index (χ1v) is 5.87. The summed E-state index contributed by atoms with van der Waals surface area (Å²) in [6.07, 6.45) is 11.4. The molecule has 2 rings (SSSR count). The van der Waals surface area contributed by atoms with Gasteiger partial charge in [0.05, 0.1) is 12.2 Å². The Balaban J connectivity index is 2.17. The molecule has 14 heavy (non-hydrogen) atoms. The molecule has 78 valence electrons. The Bertz CT molecular complexity index is 282. The lowest BCUT2D eigenvalue weighted by molar-refractivity contribution is -0.801. The van der Waals surface area contributed by atoms with Gasteiger partial charge < -0.3 is 0 Å². The molecule has 1 aliphatic carbocycles. The molecule has 0 N–H and O–H groups in total. The van der Waals surface area contributed by atoms with Crippen LogP contribution in [0.2, 0.25) is 0 Å². The normalized spacial score (nSPS) is 19.1. The predicted molar refractivity (Wildman–Crippen MR) is 57.1 cm³/mol. The Kier molecular flexibility index (Phi) is 2.90. The molecule has 1 heterocycles. The highest BCUT2D eigenvalue weighted by molar-refractivity contribution is 4.75. The van der Waals surface area contributed by atoms with Crippen LogP contribution in [-0.4, -0.2) is 4.68 Å². The maximum absolute atomic E-state index is 2.43. The summed E-state index contributed by atoms with van der Waals surface area (Å²) in [4.78, 5) is 0. The number of hydrogen-bond donors (Lipinski definition) is 0. The van der Waals surface area contributed by atoms with Gasteiger partial charge >= 0.3 is 0 Å². The van der Waals surface area contributed by atoms with E-state index >= 15 is 0 Å². The molecule has 1 fully saturated rings. The van der Waals surface area contributed by atoms with E-state index in [4.69, 9.17) is 0 Å². The van der Waals surface area contributed by atoms with Gasteiger partial charge in [-0.15, -0.1) is 4.68 Å². The van der Waals surface area contributed by atoms with Crippen LogP contribution < -0.4 is 4.68 Å². The minimum absolute atomic E-state index is 0.576. The fourth-order valence-electron chi connectivity index (χ4n) is 2.46. The van der Waals surface area contributed by atoms with E-state index in [0.717, 1.165) is 6.04 Å². The van der Waals surface area contributed by atoms with Gasteiger partial charge in [0, 0.05) is 18.9 Å². The topological polar surface area (TPSA) is 8.81 Å². The zero-order chi connectivity index (χ0) is 9.97.